The van der Waals surface area contributed by atoms with Gasteiger partial charge in [-0.3, -0.25) is 10.1 Å². The predicted molar refractivity (Wildman–Crippen MR) is 55.7 cm³/mol. The Morgan fingerprint density at radius 3 is 2.81 bits per heavy atom. The Morgan fingerprint density at radius 2 is 2.00 bits per heavy atom. The fraction of sp³-hybridized carbons (Fsp3) is 0. The minimum atomic E-state index is -0.704. The van der Waals surface area contributed by atoms with Crippen molar-refractivity contribution in [2.24, 2.45) is 0 Å². The molecule has 0 aliphatic carbocycles. The molecule has 16 heavy (non-hydrogen) atoms. The van der Waals surface area contributed by atoms with E-state index in [1.54, 1.807) is 0 Å². The molecule has 3 N–H and O–H groups in total. The summed E-state index contributed by atoms with van der Waals surface area (Å²) in [6.45, 7) is 0. The normalized spacial score (nSPS) is 11.4. The second kappa shape index (κ2) is 2.88. The number of fused-ring (bicyclic) bond motifs is 3. The molecular formula is C10H6F2N4. The molecule has 0 aliphatic rings. The number of aromatic amines is 1. The Balaban J connectivity index is 2.59. The second-order valence-electron chi connectivity index (χ2n) is 3.44. The highest BCUT2D eigenvalue weighted by Gasteiger charge is 2.11. The van der Waals surface area contributed by atoms with Crippen molar-refractivity contribution in [2.45, 2.75) is 0 Å². The van der Waals surface area contributed by atoms with E-state index < -0.39 is 11.6 Å². The van der Waals surface area contributed by atoms with Crippen molar-refractivity contribution >= 4 is 27.6 Å². The molecule has 0 radical (unpaired) electrons. The van der Waals surface area contributed by atoms with E-state index >= 15 is 0 Å². The number of halogens is 2. The van der Waals surface area contributed by atoms with Gasteiger partial charge < -0.3 is 5.73 Å². The molecule has 80 valence electrons. The third-order valence-electron chi connectivity index (χ3n) is 2.45. The topological polar surface area (TPSA) is 67.6 Å². The molecular weight excluding hydrogens is 214 g/mol. The highest BCUT2D eigenvalue weighted by Crippen LogP contribution is 2.26. The van der Waals surface area contributed by atoms with Crippen LogP contribution in [0.5, 0.6) is 0 Å². The van der Waals surface area contributed by atoms with Crippen LogP contribution < -0.4 is 5.73 Å². The molecule has 0 spiro atoms. The number of benzene rings is 1. The number of pyridine rings is 1. The molecule has 3 aromatic rings. The summed E-state index contributed by atoms with van der Waals surface area (Å²) in [5.41, 5.74) is 6.16. The summed E-state index contributed by atoms with van der Waals surface area (Å²) in [4.78, 5) is 3.90. The van der Waals surface area contributed by atoms with Gasteiger partial charge in [-0.25, -0.2) is 8.78 Å². The number of nitrogens with two attached hydrogens (primary N) is 1. The van der Waals surface area contributed by atoms with E-state index in [4.69, 9.17) is 5.73 Å². The Bertz CT molecular complexity index is 705. The molecule has 0 saturated heterocycles. The average Bonchev–Trinajstić information content (AvgIpc) is 2.60. The van der Waals surface area contributed by atoms with Gasteiger partial charge in [0.15, 0.2) is 11.6 Å². The van der Waals surface area contributed by atoms with Crippen LogP contribution in [0.4, 0.5) is 14.6 Å². The van der Waals surface area contributed by atoms with E-state index in [1.165, 1.54) is 12.3 Å². The van der Waals surface area contributed by atoms with Crippen LogP contribution in [-0.2, 0) is 0 Å². The molecule has 1 aromatic carbocycles. The monoisotopic (exact) mass is 220 g/mol. The number of hydrogen-bond acceptors (Lipinski definition) is 3. The number of aromatic nitrogens is 3. The van der Waals surface area contributed by atoms with Gasteiger partial charge in [0.25, 0.3) is 0 Å². The molecule has 0 unspecified atom stereocenters. The zero-order chi connectivity index (χ0) is 11.3. The number of hydrogen-bond donors (Lipinski definition) is 2. The van der Waals surface area contributed by atoms with Gasteiger partial charge in [0.1, 0.15) is 11.3 Å². The lowest BCUT2D eigenvalue weighted by molar-refractivity contribution is 0.590. The Morgan fingerprint density at radius 1 is 1.19 bits per heavy atom. The highest BCUT2D eigenvalue weighted by molar-refractivity contribution is 6.06. The summed E-state index contributed by atoms with van der Waals surface area (Å²) in [6, 6.07) is 1.99. The zero-order valence-electron chi connectivity index (χ0n) is 7.96. The van der Waals surface area contributed by atoms with Gasteiger partial charge in [-0.15, -0.1) is 0 Å². The third kappa shape index (κ3) is 1.06. The van der Waals surface area contributed by atoms with Crippen LogP contribution in [0.3, 0.4) is 0 Å². The van der Waals surface area contributed by atoms with E-state index in [0.29, 0.717) is 16.3 Å². The maximum atomic E-state index is 13.4. The minimum Gasteiger partial charge on any atom is -0.382 e. The Labute approximate surface area is 88.1 Å². The molecule has 4 nitrogen and oxygen atoms in total. The van der Waals surface area contributed by atoms with Gasteiger partial charge >= 0.3 is 0 Å². The van der Waals surface area contributed by atoms with Gasteiger partial charge in [-0.05, 0) is 6.07 Å². The first kappa shape index (κ1) is 9.02. The summed E-state index contributed by atoms with van der Waals surface area (Å²) in [5, 5.41) is 7.30. The number of nitrogen functional groups attached to an aromatic ring is 1. The van der Waals surface area contributed by atoms with Crippen LogP contribution in [-0.4, -0.2) is 15.2 Å². The van der Waals surface area contributed by atoms with Gasteiger partial charge in [0.05, 0.1) is 10.9 Å². The molecule has 0 atom stereocenters. The SMILES string of the molecule is Nc1n[nH]c2c1cnc1c(F)cc(F)cc12. The summed E-state index contributed by atoms with van der Waals surface area (Å²) < 4.78 is 26.5. The van der Waals surface area contributed by atoms with Gasteiger partial charge in [-0.1, -0.05) is 0 Å². The first-order valence-electron chi connectivity index (χ1n) is 4.54. The van der Waals surface area contributed by atoms with Crippen molar-refractivity contribution in [3.8, 4) is 0 Å². The fourth-order valence-electron chi connectivity index (χ4n) is 1.72. The summed E-state index contributed by atoms with van der Waals surface area (Å²) >= 11 is 0. The van der Waals surface area contributed by atoms with Crippen molar-refractivity contribution in [1.82, 2.24) is 15.2 Å². The number of H-pyrrole nitrogens is 1. The first-order chi connectivity index (χ1) is 7.66. The number of anilines is 1. The molecule has 2 heterocycles. The van der Waals surface area contributed by atoms with Gasteiger partial charge in [-0.2, -0.15) is 5.10 Å². The lowest BCUT2D eigenvalue weighted by Crippen LogP contribution is -1.89. The number of rotatable bonds is 0. The summed E-state index contributed by atoms with van der Waals surface area (Å²) in [5.74, 6) is -1.10. The average molecular weight is 220 g/mol. The van der Waals surface area contributed by atoms with Crippen LogP contribution in [0.15, 0.2) is 18.3 Å². The van der Waals surface area contributed by atoms with Crippen LogP contribution in [0.25, 0.3) is 21.8 Å². The van der Waals surface area contributed by atoms with Crippen LogP contribution in [0, 0.1) is 11.6 Å². The maximum Gasteiger partial charge on any atom is 0.154 e. The number of nitrogens with zero attached hydrogens (tertiary/aromatic N) is 2. The van der Waals surface area contributed by atoms with Crippen molar-refractivity contribution in [3.63, 3.8) is 0 Å². The molecule has 2 aromatic heterocycles. The Hall–Kier alpha value is -2.24. The Kier molecular flexibility index (Phi) is 1.62. The lowest BCUT2D eigenvalue weighted by Gasteiger charge is -2.00. The maximum absolute atomic E-state index is 13.4. The van der Waals surface area contributed by atoms with Crippen molar-refractivity contribution in [3.05, 3.63) is 30.0 Å². The van der Waals surface area contributed by atoms with Crippen LogP contribution in [0.2, 0.25) is 0 Å². The lowest BCUT2D eigenvalue weighted by atomic mass is 10.1. The van der Waals surface area contributed by atoms with Crippen molar-refractivity contribution in [1.29, 1.82) is 0 Å². The van der Waals surface area contributed by atoms with E-state index in [-0.39, 0.29) is 11.3 Å². The molecule has 0 aliphatic heterocycles. The molecule has 3 rings (SSSR count). The molecule has 0 fully saturated rings. The smallest absolute Gasteiger partial charge is 0.154 e. The number of nitrogens with one attached hydrogen (secondary N) is 1. The molecule has 0 bridgehead atoms. The van der Waals surface area contributed by atoms with Gasteiger partial charge in [0.2, 0.25) is 0 Å². The quantitative estimate of drug-likeness (QED) is 0.608. The van der Waals surface area contributed by atoms with Crippen molar-refractivity contribution < 1.29 is 8.78 Å². The van der Waals surface area contributed by atoms with E-state index in [9.17, 15) is 8.78 Å². The van der Waals surface area contributed by atoms with Crippen LogP contribution >= 0.6 is 0 Å². The molecule has 0 saturated carbocycles. The highest BCUT2D eigenvalue weighted by atomic mass is 19.1. The van der Waals surface area contributed by atoms with E-state index in [1.807, 2.05) is 0 Å². The predicted octanol–water partition coefficient (Wildman–Crippen LogP) is 1.97. The first-order valence-corrected chi connectivity index (χ1v) is 4.54. The molecule has 0 amide bonds. The second-order valence-corrected chi connectivity index (χ2v) is 3.44. The summed E-state index contributed by atoms with van der Waals surface area (Å²) in [6.07, 6.45) is 1.41. The van der Waals surface area contributed by atoms with Crippen molar-refractivity contribution in [2.75, 3.05) is 5.73 Å². The largest absolute Gasteiger partial charge is 0.382 e. The molecule has 6 heteroatoms. The fourth-order valence-corrected chi connectivity index (χ4v) is 1.72. The van der Waals surface area contributed by atoms with E-state index in [2.05, 4.69) is 15.2 Å². The zero-order valence-corrected chi connectivity index (χ0v) is 7.96. The van der Waals surface area contributed by atoms with Crippen LogP contribution in [0.1, 0.15) is 0 Å². The standard InChI is InChI=1S/C10H6F2N4/c11-4-1-5-8-6(10(13)16-15-8)3-14-9(5)7(12)2-4/h1-3H,(H3,13,15,16). The van der Waals surface area contributed by atoms with Gasteiger partial charge in [0, 0.05) is 17.6 Å². The van der Waals surface area contributed by atoms with E-state index in [0.717, 1.165) is 6.07 Å². The third-order valence-corrected chi connectivity index (χ3v) is 2.45. The summed E-state index contributed by atoms with van der Waals surface area (Å²) in [7, 11) is 0. The minimum absolute atomic E-state index is 0.0950.